The summed E-state index contributed by atoms with van der Waals surface area (Å²) in [7, 11) is 0. The Morgan fingerprint density at radius 3 is 2.42 bits per heavy atom. The molecule has 0 N–H and O–H groups in total. The van der Waals surface area contributed by atoms with E-state index in [-0.39, 0.29) is 5.91 Å². The van der Waals surface area contributed by atoms with Crippen molar-refractivity contribution >= 4 is 33.2 Å². The van der Waals surface area contributed by atoms with Gasteiger partial charge in [-0.05, 0) is 36.8 Å². The Labute approximate surface area is 120 Å². The van der Waals surface area contributed by atoms with Gasteiger partial charge in [-0.15, -0.1) is 0 Å². The second-order valence-electron chi connectivity index (χ2n) is 4.56. The molecule has 1 aliphatic rings. The largest absolute Gasteiger partial charge is 0.277 e. The van der Waals surface area contributed by atoms with Crippen molar-refractivity contribution in [3.05, 3.63) is 70.2 Å². The molecule has 0 unspecified atom stereocenters. The van der Waals surface area contributed by atoms with Crippen molar-refractivity contribution in [2.75, 3.05) is 4.90 Å². The molecule has 1 amide bonds. The number of hydrogen-bond donors (Lipinski definition) is 0. The van der Waals surface area contributed by atoms with Gasteiger partial charge in [0, 0.05) is 15.6 Å². The Morgan fingerprint density at radius 1 is 1.11 bits per heavy atom. The predicted octanol–water partition coefficient (Wildman–Crippen LogP) is 4.39. The van der Waals surface area contributed by atoms with Crippen LogP contribution in [0.3, 0.4) is 0 Å². The van der Waals surface area contributed by atoms with Gasteiger partial charge in [-0.25, -0.2) is 0 Å². The van der Waals surface area contributed by atoms with E-state index in [1.54, 1.807) is 4.90 Å². The third kappa shape index (κ3) is 1.81. The number of amides is 1. The highest BCUT2D eigenvalue weighted by molar-refractivity contribution is 9.10. The molecule has 0 saturated heterocycles. The van der Waals surface area contributed by atoms with Crippen LogP contribution in [0.1, 0.15) is 21.5 Å². The van der Waals surface area contributed by atoms with E-state index in [9.17, 15) is 4.79 Å². The number of anilines is 1. The molecule has 2 nitrogen and oxygen atoms in total. The van der Waals surface area contributed by atoms with Crippen molar-refractivity contribution in [3.8, 4) is 0 Å². The molecule has 19 heavy (non-hydrogen) atoms. The first-order valence-electron chi connectivity index (χ1n) is 5.98. The fourth-order valence-corrected chi connectivity index (χ4v) is 2.88. The third-order valence-corrected chi connectivity index (χ3v) is 3.83. The van der Waals surface area contributed by atoms with Crippen molar-refractivity contribution in [3.63, 3.8) is 0 Å². The maximum absolute atomic E-state index is 12.5. The molecule has 0 bridgehead atoms. The number of carbonyl (C=O) groups excluding carboxylic acids is 1. The summed E-state index contributed by atoms with van der Waals surface area (Å²) in [5.74, 6) is -0.00831. The number of nitrogens with zero attached hydrogens (tertiary/aromatic N) is 1. The van der Waals surface area contributed by atoms with E-state index in [1.807, 2.05) is 49.4 Å². The number of fused-ring (bicyclic) bond motifs is 1. The standard InChI is InChI=1S/C16H12BrNO/c1-10-9-12(17)7-8-15(10)18-11(2)13-5-3-4-6-14(13)16(18)19/h3-9H,2H2,1H3. The summed E-state index contributed by atoms with van der Waals surface area (Å²) in [5, 5.41) is 0. The van der Waals surface area contributed by atoms with Crippen LogP contribution in [0.25, 0.3) is 5.70 Å². The van der Waals surface area contributed by atoms with E-state index in [2.05, 4.69) is 22.5 Å². The lowest BCUT2D eigenvalue weighted by Gasteiger charge is -2.20. The number of aryl methyl sites for hydroxylation is 1. The lowest BCUT2D eigenvalue weighted by molar-refractivity contribution is 0.101. The average Bonchev–Trinajstić information content (AvgIpc) is 2.64. The van der Waals surface area contributed by atoms with E-state index in [1.165, 1.54) is 0 Å². The molecule has 1 heterocycles. The highest BCUT2D eigenvalue weighted by Crippen LogP contribution is 2.37. The van der Waals surface area contributed by atoms with Crippen LogP contribution < -0.4 is 4.90 Å². The summed E-state index contributed by atoms with van der Waals surface area (Å²) in [4.78, 5) is 14.2. The second kappa shape index (κ2) is 4.35. The summed E-state index contributed by atoms with van der Waals surface area (Å²) >= 11 is 3.44. The molecular formula is C16H12BrNO. The number of rotatable bonds is 1. The summed E-state index contributed by atoms with van der Waals surface area (Å²) in [6.07, 6.45) is 0. The Morgan fingerprint density at radius 2 is 1.79 bits per heavy atom. The topological polar surface area (TPSA) is 20.3 Å². The normalized spacial score (nSPS) is 13.9. The molecule has 2 aromatic rings. The van der Waals surface area contributed by atoms with E-state index < -0.39 is 0 Å². The number of halogens is 1. The van der Waals surface area contributed by atoms with Crippen LogP contribution in [0, 0.1) is 6.92 Å². The minimum absolute atomic E-state index is 0.00831. The van der Waals surface area contributed by atoms with E-state index >= 15 is 0 Å². The Balaban J connectivity index is 2.14. The first kappa shape index (κ1) is 12.2. The molecular weight excluding hydrogens is 302 g/mol. The van der Waals surface area contributed by atoms with E-state index in [0.29, 0.717) is 0 Å². The smallest absolute Gasteiger partial charge is 0.263 e. The highest BCUT2D eigenvalue weighted by Gasteiger charge is 2.32. The fraction of sp³-hybridized carbons (Fsp3) is 0.0625. The minimum Gasteiger partial charge on any atom is -0.277 e. The van der Waals surface area contributed by atoms with Crippen molar-refractivity contribution < 1.29 is 4.79 Å². The molecule has 3 rings (SSSR count). The Kier molecular flexibility index (Phi) is 2.79. The van der Waals surface area contributed by atoms with Gasteiger partial charge < -0.3 is 0 Å². The molecule has 3 heteroatoms. The van der Waals surface area contributed by atoms with Gasteiger partial charge in [0.15, 0.2) is 0 Å². The zero-order valence-corrected chi connectivity index (χ0v) is 12.1. The Bertz CT molecular complexity index is 671. The van der Waals surface area contributed by atoms with Crippen LogP contribution in [-0.4, -0.2) is 5.91 Å². The van der Waals surface area contributed by atoms with Crippen LogP contribution in [0.2, 0.25) is 0 Å². The second-order valence-corrected chi connectivity index (χ2v) is 5.48. The van der Waals surface area contributed by atoms with Crippen molar-refractivity contribution in [2.24, 2.45) is 0 Å². The SMILES string of the molecule is C=C1c2ccccc2C(=O)N1c1ccc(Br)cc1C. The average molecular weight is 314 g/mol. The van der Waals surface area contributed by atoms with E-state index in [4.69, 9.17) is 0 Å². The fourth-order valence-electron chi connectivity index (χ4n) is 2.41. The lowest BCUT2D eigenvalue weighted by atomic mass is 10.1. The number of carbonyl (C=O) groups is 1. The molecule has 0 aliphatic carbocycles. The molecule has 0 fully saturated rings. The maximum atomic E-state index is 12.5. The quantitative estimate of drug-likeness (QED) is 0.764. The van der Waals surface area contributed by atoms with Crippen molar-refractivity contribution in [1.29, 1.82) is 0 Å². The molecule has 1 aliphatic heterocycles. The maximum Gasteiger partial charge on any atom is 0.263 e. The minimum atomic E-state index is -0.00831. The molecule has 0 atom stereocenters. The van der Waals surface area contributed by atoms with Crippen LogP contribution in [0.15, 0.2) is 53.5 Å². The molecule has 0 saturated carbocycles. The van der Waals surface area contributed by atoms with Gasteiger partial charge in [0.25, 0.3) is 5.91 Å². The van der Waals surface area contributed by atoms with Gasteiger partial charge in [0.05, 0.1) is 11.4 Å². The summed E-state index contributed by atoms with van der Waals surface area (Å²) in [6.45, 7) is 6.05. The van der Waals surface area contributed by atoms with Crippen LogP contribution in [0.5, 0.6) is 0 Å². The molecule has 0 aromatic heterocycles. The molecule has 0 spiro atoms. The molecule has 0 radical (unpaired) electrons. The Hall–Kier alpha value is -1.87. The van der Waals surface area contributed by atoms with Gasteiger partial charge in [-0.3, -0.25) is 9.69 Å². The van der Waals surface area contributed by atoms with Crippen molar-refractivity contribution in [2.45, 2.75) is 6.92 Å². The predicted molar refractivity (Wildman–Crippen MR) is 81.2 cm³/mol. The molecule has 2 aromatic carbocycles. The van der Waals surface area contributed by atoms with E-state index in [0.717, 1.165) is 32.5 Å². The summed E-state index contributed by atoms with van der Waals surface area (Å²) < 4.78 is 1.00. The number of benzene rings is 2. The molecule has 94 valence electrons. The zero-order valence-electron chi connectivity index (χ0n) is 10.5. The summed E-state index contributed by atoms with van der Waals surface area (Å²) in [6, 6.07) is 13.5. The van der Waals surface area contributed by atoms with Gasteiger partial charge >= 0.3 is 0 Å². The highest BCUT2D eigenvalue weighted by atomic mass is 79.9. The zero-order chi connectivity index (χ0) is 13.6. The van der Waals surface area contributed by atoms with Crippen molar-refractivity contribution in [1.82, 2.24) is 0 Å². The number of hydrogen-bond acceptors (Lipinski definition) is 1. The first-order valence-corrected chi connectivity index (χ1v) is 6.78. The monoisotopic (exact) mass is 313 g/mol. The van der Waals surface area contributed by atoms with Crippen LogP contribution >= 0.6 is 15.9 Å². The van der Waals surface area contributed by atoms with Gasteiger partial charge in [0.2, 0.25) is 0 Å². The first-order chi connectivity index (χ1) is 9.09. The summed E-state index contributed by atoms with van der Waals surface area (Å²) in [5.41, 5.74) is 4.29. The third-order valence-electron chi connectivity index (χ3n) is 3.34. The van der Waals surface area contributed by atoms with Crippen LogP contribution in [-0.2, 0) is 0 Å². The van der Waals surface area contributed by atoms with Gasteiger partial charge in [0.1, 0.15) is 0 Å². The van der Waals surface area contributed by atoms with Gasteiger partial charge in [-0.2, -0.15) is 0 Å². The lowest BCUT2D eigenvalue weighted by Crippen LogP contribution is -2.22. The van der Waals surface area contributed by atoms with Crippen LogP contribution in [0.4, 0.5) is 5.69 Å². The van der Waals surface area contributed by atoms with Gasteiger partial charge in [-0.1, -0.05) is 40.7 Å².